The van der Waals surface area contributed by atoms with Crippen molar-refractivity contribution >= 4 is 16.5 Å². The first-order valence-electron chi connectivity index (χ1n) is 7.75. The molecular weight excluding hydrogens is 270 g/mol. The molecule has 0 atom stereocenters. The second-order valence-corrected chi connectivity index (χ2v) is 5.86. The van der Waals surface area contributed by atoms with Gasteiger partial charge in [0.15, 0.2) is 0 Å². The van der Waals surface area contributed by atoms with E-state index in [4.69, 9.17) is 4.74 Å². The molecule has 2 nitrogen and oxygen atoms in total. The van der Waals surface area contributed by atoms with Crippen molar-refractivity contribution in [1.82, 2.24) is 0 Å². The lowest BCUT2D eigenvalue weighted by atomic mass is 10.0. The van der Waals surface area contributed by atoms with Gasteiger partial charge in [-0.05, 0) is 22.9 Å². The summed E-state index contributed by atoms with van der Waals surface area (Å²) in [7, 11) is 2.15. The molecule has 0 radical (unpaired) electrons. The van der Waals surface area contributed by atoms with E-state index in [9.17, 15) is 0 Å². The standard InChI is InChI=1S/C20H19NO/c1-21-12-11-17-16-9-5-6-10-18(16)20(13-19(17)21)22-14-15-7-3-2-4-8-15/h2-10,13H,11-12,14H2,1H3. The molecular formula is C20H19NO. The van der Waals surface area contributed by atoms with Crippen molar-refractivity contribution in [3.8, 4) is 5.75 Å². The Hall–Kier alpha value is -2.48. The van der Waals surface area contributed by atoms with E-state index in [1.807, 2.05) is 18.2 Å². The first-order chi connectivity index (χ1) is 10.8. The highest BCUT2D eigenvalue weighted by atomic mass is 16.5. The Morgan fingerprint density at radius 3 is 2.50 bits per heavy atom. The summed E-state index contributed by atoms with van der Waals surface area (Å²) in [5.41, 5.74) is 3.95. The summed E-state index contributed by atoms with van der Waals surface area (Å²) < 4.78 is 6.15. The van der Waals surface area contributed by atoms with Crippen molar-refractivity contribution in [2.45, 2.75) is 13.0 Å². The number of ether oxygens (including phenoxy) is 1. The average Bonchev–Trinajstić information content (AvgIpc) is 2.95. The molecule has 0 aromatic heterocycles. The zero-order valence-corrected chi connectivity index (χ0v) is 12.8. The predicted molar refractivity (Wildman–Crippen MR) is 91.7 cm³/mol. The third-order valence-corrected chi connectivity index (χ3v) is 4.44. The highest BCUT2D eigenvalue weighted by Gasteiger charge is 2.20. The smallest absolute Gasteiger partial charge is 0.129 e. The van der Waals surface area contributed by atoms with Crippen LogP contribution in [-0.4, -0.2) is 13.6 Å². The Morgan fingerprint density at radius 2 is 1.68 bits per heavy atom. The lowest BCUT2D eigenvalue weighted by molar-refractivity contribution is 0.310. The van der Waals surface area contributed by atoms with Crippen molar-refractivity contribution < 1.29 is 4.74 Å². The van der Waals surface area contributed by atoms with E-state index in [-0.39, 0.29) is 0 Å². The van der Waals surface area contributed by atoms with E-state index in [1.165, 1.54) is 27.6 Å². The molecule has 0 saturated heterocycles. The van der Waals surface area contributed by atoms with Crippen LogP contribution in [0.15, 0.2) is 60.7 Å². The van der Waals surface area contributed by atoms with Gasteiger partial charge in [0.05, 0.1) is 0 Å². The van der Waals surface area contributed by atoms with Crippen molar-refractivity contribution in [1.29, 1.82) is 0 Å². The van der Waals surface area contributed by atoms with Crippen LogP contribution in [0.2, 0.25) is 0 Å². The van der Waals surface area contributed by atoms with Crippen LogP contribution < -0.4 is 9.64 Å². The second-order valence-electron chi connectivity index (χ2n) is 5.86. The molecule has 0 spiro atoms. The molecule has 0 fully saturated rings. The van der Waals surface area contributed by atoms with Gasteiger partial charge in [-0.25, -0.2) is 0 Å². The van der Waals surface area contributed by atoms with Gasteiger partial charge < -0.3 is 9.64 Å². The number of fused-ring (bicyclic) bond motifs is 3. The first-order valence-corrected chi connectivity index (χ1v) is 7.75. The summed E-state index contributed by atoms with van der Waals surface area (Å²) >= 11 is 0. The van der Waals surface area contributed by atoms with Crippen molar-refractivity contribution in [2.75, 3.05) is 18.5 Å². The summed E-state index contributed by atoms with van der Waals surface area (Å²) in [4.78, 5) is 2.32. The minimum absolute atomic E-state index is 0.604. The molecule has 1 aliphatic rings. The maximum absolute atomic E-state index is 6.15. The van der Waals surface area contributed by atoms with Gasteiger partial charge in [-0.15, -0.1) is 0 Å². The summed E-state index contributed by atoms with van der Waals surface area (Å²) in [6.07, 6.45) is 1.12. The zero-order valence-electron chi connectivity index (χ0n) is 12.8. The molecule has 1 aliphatic heterocycles. The molecule has 0 unspecified atom stereocenters. The average molecular weight is 289 g/mol. The Morgan fingerprint density at radius 1 is 0.955 bits per heavy atom. The SMILES string of the molecule is CN1CCc2c1cc(OCc1ccccc1)c1ccccc21. The van der Waals surface area contributed by atoms with Gasteiger partial charge in [-0.3, -0.25) is 0 Å². The second kappa shape index (κ2) is 5.38. The van der Waals surface area contributed by atoms with Gasteiger partial charge in [0.25, 0.3) is 0 Å². The maximum Gasteiger partial charge on any atom is 0.129 e. The van der Waals surface area contributed by atoms with Gasteiger partial charge in [-0.1, -0.05) is 54.6 Å². The topological polar surface area (TPSA) is 12.5 Å². The van der Waals surface area contributed by atoms with Crippen LogP contribution in [0.25, 0.3) is 10.8 Å². The molecule has 0 saturated carbocycles. The monoisotopic (exact) mass is 289 g/mol. The van der Waals surface area contributed by atoms with Gasteiger partial charge >= 0.3 is 0 Å². The van der Waals surface area contributed by atoms with E-state index in [0.717, 1.165) is 18.7 Å². The Kier molecular flexibility index (Phi) is 3.23. The van der Waals surface area contributed by atoms with Gasteiger partial charge in [0, 0.05) is 30.7 Å². The third kappa shape index (κ3) is 2.21. The molecule has 110 valence electrons. The quantitative estimate of drug-likeness (QED) is 0.708. The molecule has 4 rings (SSSR count). The molecule has 0 bridgehead atoms. The molecule has 1 heterocycles. The predicted octanol–water partition coefficient (Wildman–Crippen LogP) is 4.41. The first kappa shape index (κ1) is 13.2. The van der Waals surface area contributed by atoms with E-state index in [2.05, 4.69) is 54.4 Å². The number of rotatable bonds is 3. The molecule has 3 aromatic rings. The lowest BCUT2D eigenvalue weighted by Gasteiger charge is -2.16. The highest BCUT2D eigenvalue weighted by molar-refractivity contribution is 5.96. The Bertz CT molecular complexity index is 811. The maximum atomic E-state index is 6.15. The van der Waals surface area contributed by atoms with Gasteiger partial charge in [0.1, 0.15) is 12.4 Å². The summed E-state index contributed by atoms with van der Waals surface area (Å²) in [5, 5.41) is 2.54. The minimum Gasteiger partial charge on any atom is -0.488 e. The fourth-order valence-corrected chi connectivity index (χ4v) is 3.25. The van der Waals surface area contributed by atoms with E-state index in [0.29, 0.717) is 6.61 Å². The number of hydrogen-bond donors (Lipinski definition) is 0. The normalized spacial score (nSPS) is 13.4. The van der Waals surface area contributed by atoms with E-state index in [1.54, 1.807) is 0 Å². The number of likely N-dealkylation sites (N-methyl/N-ethyl adjacent to an activating group) is 1. The van der Waals surface area contributed by atoms with Crippen LogP contribution in [0.4, 0.5) is 5.69 Å². The summed E-state index contributed by atoms with van der Waals surface area (Å²) in [6, 6.07) is 21.1. The number of hydrogen-bond acceptors (Lipinski definition) is 2. The van der Waals surface area contributed by atoms with Crippen molar-refractivity contribution in [3.05, 3.63) is 71.8 Å². The van der Waals surface area contributed by atoms with Gasteiger partial charge in [0.2, 0.25) is 0 Å². The summed E-state index contributed by atoms with van der Waals surface area (Å²) in [6.45, 7) is 1.69. The molecule has 0 N–H and O–H groups in total. The minimum atomic E-state index is 0.604. The largest absolute Gasteiger partial charge is 0.488 e. The molecule has 0 amide bonds. The van der Waals surface area contributed by atoms with Crippen LogP contribution in [0.3, 0.4) is 0 Å². The van der Waals surface area contributed by atoms with Crippen LogP contribution >= 0.6 is 0 Å². The Labute approximate surface area is 130 Å². The van der Waals surface area contributed by atoms with Gasteiger partial charge in [-0.2, -0.15) is 0 Å². The number of anilines is 1. The zero-order chi connectivity index (χ0) is 14.9. The molecule has 22 heavy (non-hydrogen) atoms. The fourth-order valence-electron chi connectivity index (χ4n) is 3.25. The van der Waals surface area contributed by atoms with Crippen LogP contribution in [0.5, 0.6) is 5.75 Å². The lowest BCUT2D eigenvalue weighted by Crippen LogP contribution is -2.12. The molecule has 3 aromatic carbocycles. The van der Waals surface area contributed by atoms with E-state index >= 15 is 0 Å². The van der Waals surface area contributed by atoms with Crippen molar-refractivity contribution in [2.24, 2.45) is 0 Å². The van der Waals surface area contributed by atoms with Crippen LogP contribution in [0.1, 0.15) is 11.1 Å². The van der Waals surface area contributed by atoms with Crippen LogP contribution in [0, 0.1) is 0 Å². The Balaban J connectivity index is 1.76. The summed E-state index contributed by atoms with van der Waals surface area (Å²) in [5.74, 6) is 0.979. The third-order valence-electron chi connectivity index (χ3n) is 4.44. The van der Waals surface area contributed by atoms with Crippen LogP contribution in [-0.2, 0) is 13.0 Å². The van der Waals surface area contributed by atoms with E-state index < -0.39 is 0 Å². The molecule has 2 heteroatoms. The van der Waals surface area contributed by atoms with Crippen molar-refractivity contribution in [3.63, 3.8) is 0 Å². The number of nitrogens with zero attached hydrogens (tertiary/aromatic N) is 1. The fraction of sp³-hybridized carbons (Fsp3) is 0.200. The number of benzene rings is 3. The molecule has 0 aliphatic carbocycles. The highest BCUT2D eigenvalue weighted by Crippen LogP contribution is 2.39.